The van der Waals surface area contributed by atoms with E-state index in [0.29, 0.717) is 28.3 Å². The number of H-pyrrole nitrogens is 1. The molecule has 0 aliphatic rings. The second-order valence-electron chi connectivity index (χ2n) is 6.96. The summed E-state index contributed by atoms with van der Waals surface area (Å²) in [5.74, 6) is -0.759. The van der Waals surface area contributed by atoms with Gasteiger partial charge in [0.25, 0.3) is 0 Å². The molecular weight excluding hydrogens is 407 g/mol. The molecule has 0 unspecified atom stereocenters. The number of aromatic nitrogens is 2. The Morgan fingerprint density at radius 2 is 2.07 bits per heavy atom. The van der Waals surface area contributed by atoms with Gasteiger partial charge in [0.1, 0.15) is 6.67 Å². The van der Waals surface area contributed by atoms with Crippen molar-refractivity contribution < 1.29 is 13.9 Å². The number of nitrogens with zero attached hydrogens (tertiary/aromatic N) is 1. The molecule has 0 radical (unpaired) electrons. The fourth-order valence-electron chi connectivity index (χ4n) is 3.28. The standard InChI is InChI=1S/C21H21FN4O3S/c22-8-12-1-3-13(4-2-12)15(11-27)16(23)9-24-20-25-10-19(30-20)14-5-6-17-18(7-14)29-21(28)26-17/h1-7,10,15-16,27H,8-9,11,23H2,(H,24,25)(H,26,28)/t15-,16+/m0/s1. The molecule has 2 aromatic heterocycles. The van der Waals surface area contributed by atoms with E-state index in [1.54, 1.807) is 42.6 Å². The molecule has 2 heterocycles. The smallest absolute Gasteiger partial charge is 0.408 e. The third-order valence-corrected chi connectivity index (χ3v) is 5.98. The van der Waals surface area contributed by atoms with Crippen LogP contribution in [0.3, 0.4) is 0 Å². The number of nitrogens with two attached hydrogens (primary N) is 1. The highest BCUT2D eigenvalue weighted by molar-refractivity contribution is 7.18. The molecule has 7 nitrogen and oxygen atoms in total. The summed E-state index contributed by atoms with van der Waals surface area (Å²) in [6.45, 7) is -0.217. The second-order valence-corrected chi connectivity index (χ2v) is 7.99. The van der Waals surface area contributed by atoms with Gasteiger partial charge in [0.2, 0.25) is 0 Å². The molecule has 0 spiro atoms. The predicted octanol–water partition coefficient (Wildman–Crippen LogP) is 3.23. The molecule has 0 amide bonds. The van der Waals surface area contributed by atoms with Gasteiger partial charge in [0.05, 0.1) is 17.0 Å². The van der Waals surface area contributed by atoms with Crippen molar-refractivity contribution in [1.29, 1.82) is 0 Å². The number of fused-ring (bicyclic) bond motifs is 1. The summed E-state index contributed by atoms with van der Waals surface area (Å²) in [6, 6.07) is 12.1. The average Bonchev–Trinajstić information content (AvgIpc) is 3.38. The molecule has 5 N–H and O–H groups in total. The highest BCUT2D eigenvalue weighted by Gasteiger charge is 2.19. The zero-order chi connectivity index (χ0) is 21.1. The molecule has 0 aliphatic heterocycles. The van der Waals surface area contributed by atoms with Crippen molar-refractivity contribution in [3.8, 4) is 10.4 Å². The number of rotatable bonds is 8. The lowest BCUT2D eigenvalue weighted by molar-refractivity contribution is 0.250. The van der Waals surface area contributed by atoms with Crippen molar-refractivity contribution >= 4 is 27.6 Å². The van der Waals surface area contributed by atoms with Gasteiger partial charge in [-0.15, -0.1) is 0 Å². The first kappa shape index (κ1) is 20.3. The summed E-state index contributed by atoms with van der Waals surface area (Å²) < 4.78 is 17.8. The number of halogens is 1. The summed E-state index contributed by atoms with van der Waals surface area (Å²) in [6.07, 6.45) is 1.74. The van der Waals surface area contributed by atoms with Gasteiger partial charge in [0.15, 0.2) is 10.7 Å². The monoisotopic (exact) mass is 428 g/mol. The van der Waals surface area contributed by atoms with Gasteiger partial charge in [-0.2, -0.15) is 0 Å². The maximum absolute atomic E-state index is 12.7. The number of oxazole rings is 1. The Morgan fingerprint density at radius 1 is 1.27 bits per heavy atom. The molecule has 0 bridgehead atoms. The first-order valence-electron chi connectivity index (χ1n) is 9.41. The minimum atomic E-state index is -0.521. The van der Waals surface area contributed by atoms with Crippen LogP contribution in [0.1, 0.15) is 17.0 Å². The van der Waals surface area contributed by atoms with Crippen LogP contribution in [0.2, 0.25) is 0 Å². The first-order chi connectivity index (χ1) is 14.6. The predicted molar refractivity (Wildman–Crippen MR) is 115 cm³/mol. The molecule has 0 saturated carbocycles. The minimum absolute atomic E-state index is 0.108. The van der Waals surface area contributed by atoms with Crippen LogP contribution in [0.25, 0.3) is 21.5 Å². The molecule has 9 heteroatoms. The van der Waals surface area contributed by atoms with E-state index in [0.717, 1.165) is 16.0 Å². The lowest BCUT2D eigenvalue weighted by Crippen LogP contribution is -2.37. The van der Waals surface area contributed by atoms with Crippen LogP contribution in [0.15, 0.2) is 57.9 Å². The Balaban J connectivity index is 1.42. The van der Waals surface area contributed by atoms with E-state index in [4.69, 9.17) is 10.2 Å². The van der Waals surface area contributed by atoms with Gasteiger partial charge in [-0.25, -0.2) is 14.2 Å². The first-order valence-corrected chi connectivity index (χ1v) is 10.2. The van der Waals surface area contributed by atoms with Crippen molar-refractivity contribution in [3.05, 3.63) is 70.3 Å². The van der Waals surface area contributed by atoms with Crippen molar-refractivity contribution in [2.75, 3.05) is 18.5 Å². The normalized spacial score (nSPS) is 13.4. The Kier molecular flexibility index (Phi) is 5.93. The summed E-state index contributed by atoms with van der Waals surface area (Å²) in [5.41, 5.74) is 9.78. The molecule has 30 heavy (non-hydrogen) atoms. The van der Waals surface area contributed by atoms with E-state index >= 15 is 0 Å². The molecule has 156 valence electrons. The van der Waals surface area contributed by atoms with E-state index in [9.17, 15) is 14.3 Å². The number of nitrogens with one attached hydrogen (secondary N) is 2. The van der Waals surface area contributed by atoms with Gasteiger partial charge >= 0.3 is 5.76 Å². The molecule has 0 saturated heterocycles. The number of hydrogen-bond acceptors (Lipinski definition) is 7. The van der Waals surface area contributed by atoms with Crippen LogP contribution in [-0.4, -0.2) is 34.3 Å². The van der Waals surface area contributed by atoms with Gasteiger partial charge in [0, 0.05) is 24.7 Å². The van der Waals surface area contributed by atoms with Crippen molar-refractivity contribution in [2.45, 2.75) is 18.6 Å². The van der Waals surface area contributed by atoms with Gasteiger partial charge in [-0.05, 0) is 28.8 Å². The Morgan fingerprint density at radius 3 is 2.80 bits per heavy atom. The molecular formula is C21H21FN4O3S. The topological polar surface area (TPSA) is 117 Å². The fourth-order valence-corrected chi connectivity index (χ4v) is 4.10. The Hall–Kier alpha value is -3.01. The third-order valence-electron chi connectivity index (χ3n) is 4.98. The fraction of sp³-hybridized carbons (Fsp3) is 0.238. The van der Waals surface area contributed by atoms with Gasteiger partial charge in [-0.3, -0.25) is 4.98 Å². The molecule has 2 aromatic carbocycles. The largest absolute Gasteiger partial charge is 0.417 e. The van der Waals surface area contributed by atoms with Gasteiger partial charge in [-0.1, -0.05) is 41.7 Å². The van der Waals surface area contributed by atoms with Crippen molar-refractivity contribution in [3.63, 3.8) is 0 Å². The summed E-state index contributed by atoms with van der Waals surface area (Å²) >= 11 is 1.45. The van der Waals surface area contributed by atoms with Gasteiger partial charge < -0.3 is 20.6 Å². The lowest BCUT2D eigenvalue weighted by atomic mass is 9.92. The molecule has 0 aliphatic carbocycles. The van der Waals surface area contributed by atoms with Crippen LogP contribution in [0.4, 0.5) is 9.52 Å². The average molecular weight is 428 g/mol. The zero-order valence-electron chi connectivity index (χ0n) is 16.0. The van der Waals surface area contributed by atoms with E-state index in [1.807, 2.05) is 6.07 Å². The highest BCUT2D eigenvalue weighted by Crippen LogP contribution is 2.31. The molecule has 4 aromatic rings. The zero-order valence-corrected chi connectivity index (χ0v) is 16.8. The van der Waals surface area contributed by atoms with Crippen LogP contribution >= 0.6 is 11.3 Å². The maximum Gasteiger partial charge on any atom is 0.417 e. The van der Waals surface area contributed by atoms with Crippen LogP contribution in [0, 0.1) is 0 Å². The van der Waals surface area contributed by atoms with E-state index in [1.165, 1.54) is 11.3 Å². The summed E-state index contributed by atoms with van der Waals surface area (Å²) in [7, 11) is 0. The van der Waals surface area contributed by atoms with Crippen LogP contribution in [-0.2, 0) is 6.67 Å². The number of anilines is 1. The quantitative estimate of drug-likeness (QED) is 0.342. The number of aliphatic hydroxyl groups excluding tert-OH is 1. The summed E-state index contributed by atoms with van der Waals surface area (Å²) in [4.78, 5) is 19.2. The number of thiazole rings is 1. The Bertz CT molecular complexity index is 1180. The van der Waals surface area contributed by atoms with E-state index < -0.39 is 12.4 Å². The number of alkyl halides is 1. The SMILES string of the molecule is N[C@H](CNc1ncc(-c2ccc3[nH]c(=O)oc3c2)s1)[C@@H](CO)c1ccc(CF)cc1. The lowest BCUT2D eigenvalue weighted by Gasteiger charge is -2.22. The van der Waals surface area contributed by atoms with Crippen LogP contribution in [0.5, 0.6) is 0 Å². The molecule has 2 atom stereocenters. The highest BCUT2D eigenvalue weighted by atomic mass is 32.1. The minimum Gasteiger partial charge on any atom is -0.408 e. The maximum atomic E-state index is 12.7. The second kappa shape index (κ2) is 8.78. The number of benzene rings is 2. The molecule has 0 fully saturated rings. The third kappa shape index (κ3) is 4.28. The van der Waals surface area contributed by atoms with E-state index in [2.05, 4.69) is 15.3 Å². The van der Waals surface area contributed by atoms with Crippen molar-refractivity contribution in [1.82, 2.24) is 9.97 Å². The van der Waals surface area contributed by atoms with Crippen molar-refractivity contribution in [2.24, 2.45) is 5.73 Å². The number of hydrogen-bond donors (Lipinski definition) is 4. The number of aliphatic hydroxyl groups is 1. The summed E-state index contributed by atoms with van der Waals surface area (Å²) in [5, 5.41) is 13.7. The number of aromatic amines is 1. The Labute approximate surface area is 175 Å². The molecule has 4 rings (SSSR count). The van der Waals surface area contributed by atoms with Crippen LogP contribution < -0.4 is 16.8 Å². The van der Waals surface area contributed by atoms with E-state index in [-0.39, 0.29) is 18.6 Å².